The molecule has 0 atom stereocenters. The van der Waals surface area contributed by atoms with E-state index in [0.29, 0.717) is 10.8 Å². The molecule has 0 saturated heterocycles. The molecule has 0 fully saturated rings. The van der Waals surface area contributed by atoms with Gasteiger partial charge in [-0.1, -0.05) is 41.5 Å². The highest BCUT2D eigenvalue weighted by atomic mass is 14.9. The quantitative estimate of drug-likeness (QED) is 0.597. The smallest absolute Gasteiger partial charge is 0.000760 e. The van der Waals surface area contributed by atoms with Crippen molar-refractivity contribution in [1.82, 2.24) is 5.32 Å². The third kappa shape index (κ3) is 6.52. The molecular formula is C15H33N. The molecule has 0 saturated carbocycles. The van der Waals surface area contributed by atoms with Crippen LogP contribution in [0.1, 0.15) is 73.6 Å². The average molecular weight is 227 g/mol. The molecule has 98 valence electrons. The van der Waals surface area contributed by atoms with E-state index in [1.165, 1.54) is 38.6 Å². The van der Waals surface area contributed by atoms with E-state index in [2.05, 4.69) is 46.9 Å². The zero-order chi connectivity index (χ0) is 12.7. The third-order valence-electron chi connectivity index (χ3n) is 3.83. The topological polar surface area (TPSA) is 12.0 Å². The molecule has 1 heteroatoms. The molecule has 1 N–H and O–H groups in total. The highest BCUT2D eigenvalue weighted by Crippen LogP contribution is 2.35. The maximum absolute atomic E-state index is 3.61. The van der Waals surface area contributed by atoms with Crippen LogP contribution in [0.2, 0.25) is 0 Å². The molecule has 0 aromatic heterocycles. The van der Waals surface area contributed by atoms with E-state index >= 15 is 0 Å². The highest BCUT2D eigenvalue weighted by Gasteiger charge is 2.27. The predicted molar refractivity (Wildman–Crippen MR) is 74.9 cm³/mol. The fourth-order valence-corrected chi connectivity index (χ4v) is 2.11. The van der Waals surface area contributed by atoms with E-state index in [0.717, 1.165) is 6.54 Å². The summed E-state index contributed by atoms with van der Waals surface area (Å²) in [5, 5.41) is 3.61. The first-order chi connectivity index (χ1) is 7.39. The number of hydrogen-bond acceptors (Lipinski definition) is 1. The second-order valence-corrected chi connectivity index (χ2v) is 6.44. The van der Waals surface area contributed by atoms with Crippen LogP contribution in [-0.4, -0.2) is 13.1 Å². The van der Waals surface area contributed by atoms with Crippen LogP contribution in [0.3, 0.4) is 0 Å². The van der Waals surface area contributed by atoms with Crippen molar-refractivity contribution in [2.24, 2.45) is 10.8 Å². The van der Waals surface area contributed by atoms with E-state index < -0.39 is 0 Å². The fourth-order valence-electron chi connectivity index (χ4n) is 2.11. The normalized spacial score (nSPS) is 13.1. The molecule has 0 bridgehead atoms. The van der Waals surface area contributed by atoms with Crippen molar-refractivity contribution in [3.05, 3.63) is 0 Å². The minimum Gasteiger partial charge on any atom is -0.316 e. The van der Waals surface area contributed by atoms with Crippen LogP contribution >= 0.6 is 0 Å². The summed E-state index contributed by atoms with van der Waals surface area (Å²) in [6.45, 7) is 16.3. The highest BCUT2D eigenvalue weighted by molar-refractivity contribution is 4.81. The monoisotopic (exact) mass is 227 g/mol. The lowest BCUT2D eigenvalue weighted by Crippen LogP contribution is -2.34. The minimum atomic E-state index is 0.473. The first-order valence-corrected chi connectivity index (χ1v) is 7.10. The number of hydrogen-bond donors (Lipinski definition) is 1. The van der Waals surface area contributed by atoms with Crippen molar-refractivity contribution in [3.8, 4) is 0 Å². The Morgan fingerprint density at radius 3 is 1.81 bits per heavy atom. The van der Waals surface area contributed by atoms with Gasteiger partial charge < -0.3 is 5.32 Å². The van der Waals surface area contributed by atoms with Gasteiger partial charge in [0.2, 0.25) is 0 Å². The molecule has 0 aliphatic carbocycles. The lowest BCUT2D eigenvalue weighted by atomic mass is 9.74. The molecule has 0 heterocycles. The SMILES string of the molecule is CCCNCC(CC)(CC)CCC(C)(C)C. The Morgan fingerprint density at radius 2 is 1.44 bits per heavy atom. The molecule has 0 unspecified atom stereocenters. The molecule has 0 aromatic rings. The van der Waals surface area contributed by atoms with Crippen LogP contribution < -0.4 is 5.32 Å². The molecule has 0 aliphatic rings. The second kappa shape index (κ2) is 7.32. The summed E-state index contributed by atoms with van der Waals surface area (Å²) in [6, 6.07) is 0. The van der Waals surface area contributed by atoms with Crippen LogP contribution in [0.25, 0.3) is 0 Å². The number of nitrogens with one attached hydrogen (secondary N) is 1. The summed E-state index contributed by atoms with van der Waals surface area (Å²) in [5.41, 5.74) is 1.00. The molecule has 1 nitrogen and oxygen atoms in total. The van der Waals surface area contributed by atoms with Crippen LogP contribution in [0.4, 0.5) is 0 Å². The first kappa shape index (κ1) is 16.0. The summed E-state index contributed by atoms with van der Waals surface area (Å²) < 4.78 is 0. The molecule has 0 aliphatic heterocycles. The zero-order valence-electron chi connectivity index (χ0n) is 12.4. The van der Waals surface area contributed by atoms with Gasteiger partial charge in [-0.25, -0.2) is 0 Å². The molecule has 0 rings (SSSR count). The van der Waals surface area contributed by atoms with Gasteiger partial charge in [0.1, 0.15) is 0 Å². The zero-order valence-corrected chi connectivity index (χ0v) is 12.4. The van der Waals surface area contributed by atoms with Crippen molar-refractivity contribution in [2.45, 2.75) is 73.6 Å². The van der Waals surface area contributed by atoms with E-state index in [4.69, 9.17) is 0 Å². The van der Waals surface area contributed by atoms with E-state index in [1.807, 2.05) is 0 Å². The molecule has 0 spiro atoms. The summed E-state index contributed by atoms with van der Waals surface area (Å²) in [7, 11) is 0. The summed E-state index contributed by atoms with van der Waals surface area (Å²) in [5.74, 6) is 0. The van der Waals surface area contributed by atoms with Gasteiger partial charge >= 0.3 is 0 Å². The average Bonchev–Trinajstić information content (AvgIpc) is 2.23. The van der Waals surface area contributed by atoms with E-state index in [1.54, 1.807) is 0 Å². The van der Waals surface area contributed by atoms with Gasteiger partial charge in [0, 0.05) is 6.54 Å². The summed E-state index contributed by atoms with van der Waals surface area (Å²) in [6.07, 6.45) is 6.54. The lowest BCUT2D eigenvalue weighted by molar-refractivity contribution is 0.189. The van der Waals surface area contributed by atoms with Gasteiger partial charge in [0.05, 0.1) is 0 Å². The van der Waals surface area contributed by atoms with Crippen molar-refractivity contribution in [1.29, 1.82) is 0 Å². The summed E-state index contributed by atoms with van der Waals surface area (Å²) >= 11 is 0. The standard InChI is InChI=1S/C15H33N/c1-7-12-16-13-15(8-2,9-3)11-10-14(4,5)6/h16H,7-13H2,1-6H3. The minimum absolute atomic E-state index is 0.473. The largest absolute Gasteiger partial charge is 0.316 e. The predicted octanol–water partition coefficient (Wildman–Crippen LogP) is 4.62. The molecule has 0 radical (unpaired) electrons. The Labute approximate surface area is 103 Å². The Bertz CT molecular complexity index is 163. The maximum atomic E-state index is 3.61. The van der Waals surface area contributed by atoms with Crippen molar-refractivity contribution in [2.75, 3.05) is 13.1 Å². The Balaban J connectivity index is 4.20. The van der Waals surface area contributed by atoms with E-state index in [-0.39, 0.29) is 0 Å². The van der Waals surface area contributed by atoms with Crippen LogP contribution in [0, 0.1) is 10.8 Å². The van der Waals surface area contributed by atoms with Crippen molar-refractivity contribution in [3.63, 3.8) is 0 Å². The van der Waals surface area contributed by atoms with Crippen LogP contribution in [0.5, 0.6) is 0 Å². The fraction of sp³-hybridized carbons (Fsp3) is 1.00. The van der Waals surface area contributed by atoms with Gasteiger partial charge in [0.15, 0.2) is 0 Å². The second-order valence-electron chi connectivity index (χ2n) is 6.44. The third-order valence-corrected chi connectivity index (χ3v) is 3.83. The Morgan fingerprint density at radius 1 is 0.875 bits per heavy atom. The maximum Gasteiger partial charge on any atom is 0.000760 e. The molecular weight excluding hydrogens is 194 g/mol. The molecule has 0 amide bonds. The van der Waals surface area contributed by atoms with Gasteiger partial charge in [0.25, 0.3) is 0 Å². The van der Waals surface area contributed by atoms with E-state index in [9.17, 15) is 0 Å². The first-order valence-electron chi connectivity index (χ1n) is 7.10. The number of rotatable bonds is 8. The Hall–Kier alpha value is -0.0400. The van der Waals surface area contributed by atoms with Gasteiger partial charge in [-0.2, -0.15) is 0 Å². The van der Waals surface area contributed by atoms with Crippen molar-refractivity contribution >= 4 is 0 Å². The molecule has 0 aromatic carbocycles. The van der Waals surface area contributed by atoms with Gasteiger partial charge in [-0.3, -0.25) is 0 Å². The van der Waals surface area contributed by atoms with Gasteiger partial charge in [-0.05, 0) is 49.5 Å². The molecule has 16 heavy (non-hydrogen) atoms. The van der Waals surface area contributed by atoms with Gasteiger partial charge in [-0.15, -0.1) is 0 Å². The Kier molecular flexibility index (Phi) is 7.30. The van der Waals surface area contributed by atoms with Crippen LogP contribution in [0.15, 0.2) is 0 Å². The summed E-state index contributed by atoms with van der Waals surface area (Å²) in [4.78, 5) is 0. The van der Waals surface area contributed by atoms with Crippen LogP contribution in [-0.2, 0) is 0 Å². The lowest BCUT2D eigenvalue weighted by Gasteiger charge is -2.35. The van der Waals surface area contributed by atoms with Crippen molar-refractivity contribution < 1.29 is 0 Å².